The minimum atomic E-state index is -4.59. The van der Waals surface area contributed by atoms with E-state index in [9.17, 15) is 17.6 Å². The third-order valence-electron chi connectivity index (χ3n) is 2.12. The van der Waals surface area contributed by atoms with Crippen molar-refractivity contribution in [1.29, 1.82) is 0 Å². The van der Waals surface area contributed by atoms with E-state index in [0.29, 0.717) is 6.07 Å². The molecule has 0 amide bonds. The van der Waals surface area contributed by atoms with Gasteiger partial charge in [-0.15, -0.1) is 0 Å². The van der Waals surface area contributed by atoms with Crippen LogP contribution in [-0.2, 0) is 6.18 Å². The topological polar surface area (TPSA) is 35.0 Å². The van der Waals surface area contributed by atoms with E-state index in [4.69, 9.17) is 4.74 Å². The Labute approximate surface area is 119 Å². The van der Waals surface area contributed by atoms with E-state index in [2.05, 4.69) is 9.97 Å². The van der Waals surface area contributed by atoms with Gasteiger partial charge < -0.3 is 4.74 Å². The second-order valence-electron chi connectivity index (χ2n) is 3.70. The number of ether oxygens (including phenoxy) is 1. The standard InChI is InChI=1S/C12H8F4N2O.C2H6/c1-7-17-10(12(14,15)16)6-11(18-7)19-9-4-2-3-8(13)5-9;1-2/h2-6H,1H3;1-2H3. The van der Waals surface area contributed by atoms with Crippen LogP contribution in [-0.4, -0.2) is 9.97 Å². The van der Waals surface area contributed by atoms with Crippen LogP contribution >= 0.6 is 0 Å². The monoisotopic (exact) mass is 302 g/mol. The molecule has 0 spiro atoms. The zero-order chi connectivity index (χ0) is 16.0. The van der Waals surface area contributed by atoms with Gasteiger partial charge in [-0.1, -0.05) is 19.9 Å². The third kappa shape index (κ3) is 5.02. The number of aromatic nitrogens is 2. The Kier molecular flexibility index (Phi) is 5.63. The molecule has 0 atom stereocenters. The molecule has 2 aromatic rings. The van der Waals surface area contributed by atoms with Crippen LogP contribution in [0.2, 0.25) is 0 Å². The number of hydrogen-bond acceptors (Lipinski definition) is 3. The maximum atomic E-state index is 12.9. The van der Waals surface area contributed by atoms with Crippen LogP contribution < -0.4 is 4.74 Å². The molecule has 1 aromatic heterocycles. The summed E-state index contributed by atoms with van der Waals surface area (Å²) in [5.41, 5.74) is -1.11. The average molecular weight is 302 g/mol. The number of hydrogen-bond donors (Lipinski definition) is 0. The van der Waals surface area contributed by atoms with Crippen molar-refractivity contribution in [1.82, 2.24) is 9.97 Å². The summed E-state index contributed by atoms with van der Waals surface area (Å²) in [4.78, 5) is 6.99. The molecule has 0 aliphatic rings. The van der Waals surface area contributed by atoms with E-state index in [1.807, 2.05) is 13.8 Å². The highest BCUT2D eigenvalue weighted by Crippen LogP contribution is 2.30. The summed E-state index contributed by atoms with van der Waals surface area (Å²) in [6, 6.07) is 5.69. The first kappa shape index (κ1) is 16.9. The molecule has 0 radical (unpaired) electrons. The SMILES string of the molecule is CC.Cc1nc(Oc2cccc(F)c2)cc(C(F)(F)F)n1. The molecular formula is C14H14F4N2O. The smallest absolute Gasteiger partial charge is 0.433 e. The van der Waals surface area contributed by atoms with E-state index in [1.165, 1.54) is 25.1 Å². The minimum absolute atomic E-state index is 0.0613. The van der Waals surface area contributed by atoms with E-state index in [-0.39, 0.29) is 17.5 Å². The lowest BCUT2D eigenvalue weighted by molar-refractivity contribution is -0.141. The number of nitrogens with zero attached hydrogens (tertiary/aromatic N) is 2. The lowest BCUT2D eigenvalue weighted by Gasteiger charge is -2.09. The largest absolute Gasteiger partial charge is 0.439 e. The summed E-state index contributed by atoms with van der Waals surface area (Å²) in [6.45, 7) is 5.31. The summed E-state index contributed by atoms with van der Waals surface area (Å²) in [5.74, 6) is -0.864. The molecule has 0 aliphatic heterocycles. The van der Waals surface area contributed by atoms with Crippen LogP contribution in [0.25, 0.3) is 0 Å². The number of alkyl halides is 3. The lowest BCUT2D eigenvalue weighted by Crippen LogP contribution is -2.10. The van der Waals surface area contributed by atoms with Crippen molar-refractivity contribution in [2.45, 2.75) is 26.9 Å². The molecule has 3 nitrogen and oxygen atoms in total. The van der Waals surface area contributed by atoms with Gasteiger partial charge in [-0.05, 0) is 19.1 Å². The van der Waals surface area contributed by atoms with Crippen LogP contribution in [0.4, 0.5) is 17.6 Å². The van der Waals surface area contributed by atoms with Crippen molar-refractivity contribution in [2.75, 3.05) is 0 Å². The lowest BCUT2D eigenvalue weighted by atomic mass is 10.3. The molecule has 2 rings (SSSR count). The first-order valence-electron chi connectivity index (χ1n) is 6.21. The van der Waals surface area contributed by atoms with Gasteiger partial charge in [-0.25, -0.2) is 9.37 Å². The highest BCUT2D eigenvalue weighted by molar-refractivity contribution is 5.28. The van der Waals surface area contributed by atoms with Gasteiger partial charge in [0.05, 0.1) is 0 Å². The quantitative estimate of drug-likeness (QED) is 0.750. The summed E-state index contributed by atoms with van der Waals surface area (Å²) in [6.07, 6.45) is -4.59. The van der Waals surface area contributed by atoms with Gasteiger partial charge in [0.2, 0.25) is 5.88 Å². The Morgan fingerprint density at radius 3 is 2.29 bits per heavy atom. The average Bonchev–Trinajstić information content (AvgIpc) is 2.39. The number of rotatable bonds is 2. The molecule has 0 bridgehead atoms. The van der Waals surface area contributed by atoms with Gasteiger partial charge in [0.15, 0.2) is 5.69 Å². The zero-order valence-electron chi connectivity index (χ0n) is 11.7. The predicted molar refractivity (Wildman–Crippen MR) is 69.6 cm³/mol. The molecule has 114 valence electrons. The number of aryl methyl sites for hydroxylation is 1. The summed E-state index contributed by atoms with van der Waals surface area (Å²) in [5, 5.41) is 0. The van der Waals surface area contributed by atoms with Gasteiger partial charge >= 0.3 is 6.18 Å². The second-order valence-corrected chi connectivity index (χ2v) is 3.70. The van der Waals surface area contributed by atoms with Crippen LogP contribution in [0.5, 0.6) is 11.6 Å². The normalized spacial score (nSPS) is 10.6. The molecule has 0 unspecified atom stereocenters. The van der Waals surface area contributed by atoms with Crippen molar-refractivity contribution in [2.24, 2.45) is 0 Å². The Balaban J connectivity index is 0.00000106. The molecule has 1 heterocycles. The molecule has 0 N–H and O–H groups in total. The molecule has 0 saturated heterocycles. The fourth-order valence-electron chi connectivity index (χ4n) is 1.39. The molecule has 0 saturated carbocycles. The molecule has 7 heteroatoms. The molecule has 0 aliphatic carbocycles. The summed E-state index contributed by atoms with van der Waals surface area (Å²) < 4.78 is 55.6. The van der Waals surface area contributed by atoms with Gasteiger partial charge in [0, 0.05) is 12.1 Å². The van der Waals surface area contributed by atoms with Crippen molar-refractivity contribution < 1.29 is 22.3 Å². The first-order chi connectivity index (χ1) is 9.84. The Morgan fingerprint density at radius 2 is 1.71 bits per heavy atom. The Hall–Kier alpha value is -2.18. The van der Waals surface area contributed by atoms with E-state index >= 15 is 0 Å². The highest BCUT2D eigenvalue weighted by Gasteiger charge is 2.33. The van der Waals surface area contributed by atoms with E-state index in [1.54, 1.807) is 0 Å². The fraction of sp³-hybridized carbons (Fsp3) is 0.286. The maximum absolute atomic E-state index is 12.9. The van der Waals surface area contributed by atoms with Crippen molar-refractivity contribution in [3.63, 3.8) is 0 Å². The number of benzene rings is 1. The Morgan fingerprint density at radius 1 is 1.05 bits per heavy atom. The van der Waals surface area contributed by atoms with Gasteiger partial charge in [-0.2, -0.15) is 18.2 Å². The molecule has 0 fully saturated rings. The van der Waals surface area contributed by atoms with Crippen LogP contribution in [0, 0.1) is 12.7 Å². The van der Waals surface area contributed by atoms with Gasteiger partial charge in [0.25, 0.3) is 0 Å². The Bertz CT molecular complexity index is 600. The minimum Gasteiger partial charge on any atom is -0.439 e. The predicted octanol–water partition coefficient (Wildman–Crippen LogP) is 4.76. The summed E-state index contributed by atoms with van der Waals surface area (Å²) >= 11 is 0. The van der Waals surface area contributed by atoms with E-state index in [0.717, 1.165) is 6.07 Å². The highest BCUT2D eigenvalue weighted by atomic mass is 19.4. The number of halogens is 4. The van der Waals surface area contributed by atoms with Crippen molar-refractivity contribution in [3.05, 3.63) is 47.7 Å². The third-order valence-corrected chi connectivity index (χ3v) is 2.12. The van der Waals surface area contributed by atoms with Crippen LogP contribution in [0.15, 0.2) is 30.3 Å². The van der Waals surface area contributed by atoms with Crippen LogP contribution in [0.1, 0.15) is 25.4 Å². The summed E-state index contributed by atoms with van der Waals surface area (Å²) in [7, 11) is 0. The molecule has 1 aromatic carbocycles. The zero-order valence-corrected chi connectivity index (χ0v) is 11.7. The molecule has 21 heavy (non-hydrogen) atoms. The van der Waals surface area contributed by atoms with Crippen molar-refractivity contribution >= 4 is 0 Å². The van der Waals surface area contributed by atoms with Gasteiger partial charge in [0.1, 0.15) is 17.4 Å². The fourth-order valence-corrected chi connectivity index (χ4v) is 1.39. The van der Waals surface area contributed by atoms with Crippen LogP contribution in [0.3, 0.4) is 0 Å². The van der Waals surface area contributed by atoms with E-state index < -0.39 is 17.7 Å². The van der Waals surface area contributed by atoms with Crippen molar-refractivity contribution in [3.8, 4) is 11.6 Å². The molecular weight excluding hydrogens is 288 g/mol. The second kappa shape index (κ2) is 7.01. The van der Waals surface area contributed by atoms with Gasteiger partial charge in [-0.3, -0.25) is 0 Å². The maximum Gasteiger partial charge on any atom is 0.433 e. The first-order valence-corrected chi connectivity index (χ1v) is 6.21.